The molecule has 1 radical (unpaired) electrons. The highest BCUT2D eigenvalue weighted by molar-refractivity contribution is 6.30. The highest BCUT2D eigenvalue weighted by Crippen LogP contribution is 2.25. The van der Waals surface area contributed by atoms with Crippen LogP contribution < -0.4 is 0 Å². The quantitative estimate of drug-likeness (QED) is 0.618. The lowest BCUT2D eigenvalue weighted by Gasteiger charge is -2.24. The van der Waals surface area contributed by atoms with Crippen molar-refractivity contribution in [3.63, 3.8) is 0 Å². The summed E-state index contributed by atoms with van der Waals surface area (Å²) in [5.41, 5.74) is 0. The molecule has 2 unspecified atom stereocenters. The lowest BCUT2D eigenvalue weighted by Crippen LogP contribution is -2.35. The summed E-state index contributed by atoms with van der Waals surface area (Å²) < 4.78 is 0. The van der Waals surface area contributed by atoms with Crippen LogP contribution in [0.4, 0.5) is 0 Å². The maximum atomic E-state index is 11.4. The van der Waals surface area contributed by atoms with E-state index < -0.39 is 11.0 Å². The second-order valence-electron chi connectivity index (χ2n) is 3.53. The molecule has 0 saturated heterocycles. The summed E-state index contributed by atoms with van der Waals surface area (Å²) in [5, 5.41) is 11.4. The standard InChI is InChI=1S/C8H15Cl2O/c1-6(2)4-7(11)8(3,10)5-9/h6-7H,4-5H2,1-3H3. The van der Waals surface area contributed by atoms with Crippen LogP contribution in [0.2, 0.25) is 0 Å². The Labute approximate surface area is 78.7 Å². The summed E-state index contributed by atoms with van der Waals surface area (Å²) in [5.74, 6) is 0.605. The molecule has 11 heavy (non-hydrogen) atoms. The third kappa shape index (κ3) is 4.19. The van der Waals surface area contributed by atoms with Crippen molar-refractivity contribution < 1.29 is 5.11 Å². The average molecular weight is 198 g/mol. The second-order valence-corrected chi connectivity index (χ2v) is 4.66. The SMILES string of the molecule is CC(C)CC([O])C(C)(Cl)CCl. The van der Waals surface area contributed by atoms with Gasteiger partial charge in [0, 0.05) is 5.88 Å². The van der Waals surface area contributed by atoms with E-state index in [1.165, 1.54) is 0 Å². The smallest absolute Gasteiger partial charge is 0.113 e. The molecule has 0 aromatic heterocycles. The molecule has 0 spiro atoms. The van der Waals surface area contributed by atoms with E-state index >= 15 is 0 Å². The first-order valence-corrected chi connectivity index (χ1v) is 4.72. The van der Waals surface area contributed by atoms with Crippen molar-refractivity contribution in [2.45, 2.75) is 38.2 Å². The second kappa shape index (κ2) is 4.54. The van der Waals surface area contributed by atoms with E-state index in [0.29, 0.717) is 12.3 Å². The van der Waals surface area contributed by atoms with E-state index in [4.69, 9.17) is 23.2 Å². The van der Waals surface area contributed by atoms with Gasteiger partial charge < -0.3 is 0 Å². The van der Waals surface area contributed by atoms with E-state index in [9.17, 15) is 5.11 Å². The molecule has 0 aliphatic carbocycles. The molecular weight excluding hydrogens is 183 g/mol. The molecule has 1 nitrogen and oxygen atoms in total. The van der Waals surface area contributed by atoms with E-state index in [-0.39, 0.29) is 5.88 Å². The molecule has 0 amide bonds. The van der Waals surface area contributed by atoms with Crippen molar-refractivity contribution in [2.24, 2.45) is 5.92 Å². The predicted octanol–water partition coefficient (Wildman–Crippen LogP) is 3.07. The molecular formula is C8H15Cl2O. The molecule has 0 rings (SSSR count). The van der Waals surface area contributed by atoms with Crippen LogP contribution in [0.15, 0.2) is 0 Å². The minimum absolute atomic E-state index is 0.218. The van der Waals surface area contributed by atoms with Crippen molar-refractivity contribution in [3.05, 3.63) is 0 Å². The van der Waals surface area contributed by atoms with Crippen molar-refractivity contribution in [2.75, 3.05) is 5.88 Å². The maximum absolute atomic E-state index is 11.4. The molecule has 0 aromatic rings. The van der Waals surface area contributed by atoms with Crippen LogP contribution in [-0.2, 0) is 5.11 Å². The highest BCUT2D eigenvalue weighted by Gasteiger charge is 2.31. The van der Waals surface area contributed by atoms with Gasteiger partial charge in [0.05, 0.1) is 4.87 Å². The van der Waals surface area contributed by atoms with E-state index in [1.807, 2.05) is 13.8 Å². The van der Waals surface area contributed by atoms with E-state index in [0.717, 1.165) is 0 Å². The van der Waals surface area contributed by atoms with Gasteiger partial charge in [-0.2, -0.15) is 0 Å². The minimum atomic E-state index is -0.786. The molecule has 0 aliphatic rings. The van der Waals surface area contributed by atoms with Crippen molar-refractivity contribution >= 4 is 23.2 Å². The summed E-state index contributed by atoms with van der Waals surface area (Å²) in [7, 11) is 0. The lowest BCUT2D eigenvalue weighted by molar-refractivity contribution is 0.0446. The van der Waals surface area contributed by atoms with Gasteiger partial charge in [0.15, 0.2) is 0 Å². The highest BCUT2D eigenvalue weighted by atomic mass is 35.5. The van der Waals surface area contributed by atoms with Crippen molar-refractivity contribution in [1.82, 2.24) is 0 Å². The van der Waals surface area contributed by atoms with Gasteiger partial charge in [-0.3, -0.25) is 0 Å². The van der Waals surface area contributed by atoms with Gasteiger partial charge in [-0.15, -0.1) is 23.2 Å². The Morgan fingerprint density at radius 1 is 1.45 bits per heavy atom. The lowest BCUT2D eigenvalue weighted by atomic mass is 9.97. The third-order valence-corrected chi connectivity index (χ3v) is 2.69. The number of hydrogen-bond acceptors (Lipinski definition) is 0. The summed E-state index contributed by atoms with van der Waals surface area (Å²) in [6.07, 6.45) is -0.172. The zero-order chi connectivity index (χ0) is 9.07. The van der Waals surface area contributed by atoms with Gasteiger partial charge in [0.2, 0.25) is 0 Å². The van der Waals surface area contributed by atoms with Crippen LogP contribution in [0.25, 0.3) is 0 Å². The molecule has 0 fully saturated rings. The molecule has 67 valence electrons. The van der Waals surface area contributed by atoms with Gasteiger partial charge in [0.1, 0.15) is 6.10 Å². The monoisotopic (exact) mass is 197 g/mol. The fourth-order valence-corrected chi connectivity index (χ4v) is 1.02. The Morgan fingerprint density at radius 2 is 1.91 bits per heavy atom. The molecule has 2 atom stereocenters. The Kier molecular flexibility index (Phi) is 4.76. The number of hydrogen-bond donors (Lipinski definition) is 0. The normalized spacial score (nSPS) is 19.9. The fourth-order valence-electron chi connectivity index (χ4n) is 0.760. The van der Waals surface area contributed by atoms with Gasteiger partial charge >= 0.3 is 0 Å². The zero-order valence-electron chi connectivity index (χ0n) is 7.23. The molecule has 0 aliphatic heterocycles. The molecule has 0 saturated carbocycles. The molecule has 0 bridgehead atoms. The first-order valence-electron chi connectivity index (χ1n) is 3.81. The largest absolute Gasteiger partial charge is 0.231 e. The van der Waals surface area contributed by atoms with Crippen LogP contribution >= 0.6 is 23.2 Å². The Balaban J connectivity index is 3.90. The first kappa shape index (κ1) is 11.5. The van der Waals surface area contributed by atoms with Crippen molar-refractivity contribution in [1.29, 1.82) is 0 Å². The Bertz CT molecular complexity index is 113. The van der Waals surface area contributed by atoms with Gasteiger partial charge in [-0.1, -0.05) is 13.8 Å². The first-order chi connectivity index (χ1) is 4.90. The Hall–Kier alpha value is 0.540. The molecule has 3 heteroatoms. The van der Waals surface area contributed by atoms with Gasteiger partial charge in [-0.05, 0) is 19.3 Å². The van der Waals surface area contributed by atoms with Crippen LogP contribution in [0.1, 0.15) is 27.2 Å². The van der Waals surface area contributed by atoms with Crippen LogP contribution in [0.3, 0.4) is 0 Å². The fraction of sp³-hybridized carbons (Fsp3) is 1.00. The summed E-state index contributed by atoms with van der Waals surface area (Å²) in [6.45, 7) is 5.71. The number of alkyl halides is 2. The summed E-state index contributed by atoms with van der Waals surface area (Å²) >= 11 is 11.4. The minimum Gasteiger partial charge on any atom is -0.231 e. The molecule has 0 aromatic carbocycles. The average Bonchev–Trinajstić information content (AvgIpc) is 1.86. The Morgan fingerprint density at radius 3 is 2.18 bits per heavy atom. The molecule has 0 N–H and O–H groups in total. The van der Waals surface area contributed by atoms with Crippen LogP contribution in [0.5, 0.6) is 0 Å². The summed E-state index contributed by atoms with van der Waals surface area (Å²) in [6, 6.07) is 0. The number of halogens is 2. The van der Waals surface area contributed by atoms with E-state index in [1.54, 1.807) is 6.92 Å². The van der Waals surface area contributed by atoms with Gasteiger partial charge in [-0.25, -0.2) is 5.11 Å². The molecule has 0 heterocycles. The third-order valence-electron chi connectivity index (χ3n) is 1.62. The predicted molar refractivity (Wildman–Crippen MR) is 48.9 cm³/mol. The zero-order valence-corrected chi connectivity index (χ0v) is 8.74. The van der Waals surface area contributed by atoms with Crippen LogP contribution in [-0.4, -0.2) is 16.9 Å². The van der Waals surface area contributed by atoms with Crippen molar-refractivity contribution in [3.8, 4) is 0 Å². The number of rotatable bonds is 4. The topological polar surface area (TPSA) is 19.9 Å². The summed E-state index contributed by atoms with van der Waals surface area (Å²) in [4.78, 5) is -0.786. The van der Waals surface area contributed by atoms with Crippen LogP contribution in [0, 0.1) is 5.92 Å². The maximum Gasteiger partial charge on any atom is 0.113 e. The van der Waals surface area contributed by atoms with E-state index in [2.05, 4.69) is 0 Å². The van der Waals surface area contributed by atoms with Gasteiger partial charge in [0.25, 0.3) is 0 Å².